The highest BCUT2D eigenvalue weighted by Gasteiger charge is 2.02. The van der Waals surface area contributed by atoms with Crippen LogP contribution in [0.5, 0.6) is 0 Å². The number of nitrogens with one attached hydrogen (secondary N) is 2. The Morgan fingerprint density at radius 1 is 1.28 bits per heavy atom. The Morgan fingerprint density at radius 2 is 2.17 bits per heavy atom. The van der Waals surface area contributed by atoms with Crippen LogP contribution in [0.2, 0.25) is 0 Å². The maximum atomic E-state index is 11.0. The van der Waals surface area contributed by atoms with Crippen LogP contribution in [0.25, 0.3) is 10.8 Å². The molecule has 2 heterocycles. The second-order valence-corrected chi connectivity index (χ2v) is 4.75. The third-order valence-corrected chi connectivity index (χ3v) is 3.41. The Bertz CT molecular complexity index is 727. The highest BCUT2D eigenvalue weighted by Crippen LogP contribution is 2.20. The molecule has 0 atom stereocenters. The van der Waals surface area contributed by atoms with Crippen LogP contribution in [-0.2, 0) is 6.54 Å². The molecule has 1 aromatic carbocycles. The van der Waals surface area contributed by atoms with Gasteiger partial charge >= 0.3 is 4.87 Å². The smallest absolute Gasteiger partial charge is 0.304 e. The molecule has 0 aliphatic heterocycles. The Morgan fingerprint density at radius 3 is 3.00 bits per heavy atom. The summed E-state index contributed by atoms with van der Waals surface area (Å²) in [5.74, 6) is 0.833. The number of rotatable bonds is 3. The van der Waals surface area contributed by atoms with E-state index in [4.69, 9.17) is 0 Å². The standard InChI is InChI=1S/C13H11N3OS/c17-13-16-10(8-18-13)7-15-12-11-4-2-1-3-9(11)5-6-14-12/h1-6,8H,7H2,(H,14,15)(H,16,17). The highest BCUT2D eigenvalue weighted by molar-refractivity contribution is 7.07. The molecule has 4 nitrogen and oxygen atoms in total. The van der Waals surface area contributed by atoms with Crippen LogP contribution in [0.15, 0.2) is 46.7 Å². The zero-order valence-corrected chi connectivity index (χ0v) is 10.3. The third-order valence-electron chi connectivity index (χ3n) is 2.69. The molecule has 0 aliphatic rings. The summed E-state index contributed by atoms with van der Waals surface area (Å²) in [4.78, 5) is 18.1. The van der Waals surface area contributed by atoms with Crippen molar-refractivity contribution in [2.24, 2.45) is 0 Å². The predicted molar refractivity (Wildman–Crippen MR) is 74.0 cm³/mol. The Hall–Kier alpha value is -2.14. The molecule has 0 aliphatic carbocycles. The van der Waals surface area contributed by atoms with E-state index in [-0.39, 0.29) is 4.87 Å². The van der Waals surface area contributed by atoms with Crippen molar-refractivity contribution >= 4 is 27.9 Å². The Labute approximate surface area is 107 Å². The van der Waals surface area contributed by atoms with E-state index in [1.165, 1.54) is 11.3 Å². The van der Waals surface area contributed by atoms with Crippen LogP contribution < -0.4 is 10.2 Å². The van der Waals surface area contributed by atoms with Gasteiger partial charge in [0.25, 0.3) is 0 Å². The van der Waals surface area contributed by atoms with Gasteiger partial charge in [0.05, 0.1) is 6.54 Å². The van der Waals surface area contributed by atoms with Gasteiger partial charge in [0, 0.05) is 22.7 Å². The molecule has 3 aromatic rings. The molecular weight excluding hydrogens is 246 g/mol. The highest BCUT2D eigenvalue weighted by atomic mass is 32.1. The number of H-pyrrole nitrogens is 1. The first-order valence-electron chi connectivity index (χ1n) is 5.57. The summed E-state index contributed by atoms with van der Waals surface area (Å²) in [5.41, 5.74) is 0.875. The number of aromatic nitrogens is 2. The molecule has 0 radical (unpaired) electrons. The number of thiazole rings is 1. The van der Waals surface area contributed by atoms with E-state index in [1.807, 2.05) is 29.6 Å². The van der Waals surface area contributed by atoms with Gasteiger partial charge in [-0.15, -0.1) is 0 Å². The van der Waals surface area contributed by atoms with Gasteiger partial charge in [0.2, 0.25) is 0 Å². The maximum Gasteiger partial charge on any atom is 0.304 e. The van der Waals surface area contributed by atoms with Gasteiger partial charge in [-0.3, -0.25) is 4.79 Å². The topological polar surface area (TPSA) is 57.8 Å². The van der Waals surface area contributed by atoms with Crippen LogP contribution in [0.1, 0.15) is 5.69 Å². The van der Waals surface area contributed by atoms with Gasteiger partial charge in [-0.2, -0.15) is 0 Å². The molecule has 2 aromatic heterocycles. The van der Waals surface area contributed by atoms with Crippen molar-refractivity contribution in [3.63, 3.8) is 0 Å². The predicted octanol–water partition coefficient (Wildman–Crippen LogP) is 2.60. The number of anilines is 1. The van der Waals surface area contributed by atoms with Crippen molar-refractivity contribution in [2.75, 3.05) is 5.32 Å². The molecule has 3 rings (SSSR count). The van der Waals surface area contributed by atoms with Gasteiger partial charge < -0.3 is 10.3 Å². The summed E-state index contributed by atoms with van der Waals surface area (Å²) >= 11 is 1.17. The molecule has 0 unspecified atom stereocenters. The average Bonchev–Trinajstić information content (AvgIpc) is 2.82. The van der Waals surface area contributed by atoms with Crippen molar-refractivity contribution in [1.82, 2.24) is 9.97 Å². The molecule has 18 heavy (non-hydrogen) atoms. The molecular formula is C13H11N3OS. The van der Waals surface area contributed by atoms with Crippen LogP contribution in [-0.4, -0.2) is 9.97 Å². The van der Waals surface area contributed by atoms with Gasteiger partial charge in [-0.25, -0.2) is 4.98 Å². The summed E-state index contributed by atoms with van der Waals surface area (Å²) in [5, 5.41) is 7.29. The molecule has 5 heteroatoms. The van der Waals surface area contributed by atoms with Crippen molar-refractivity contribution in [1.29, 1.82) is 0 Å². The number of hydrogen-bond donors (Lipinski definition) is 2. The van der Waals surface area contributed by atoms with E-state index in [0.29, 0.717) is 6.54 Å². The van der Waals surface area contributed by atoms with Gasteiger partial charge in [-0.05, 0) is 11.5 Å². The molecule has 0 saturated heterocycles. The number of fused-ring (bicyclic) bond motifs is 1. The molecule has 0 fully saturated rings. The zero-order valence-electron chi connectivity index (χ0n) is 9.51. The van der Waals surface area contributed by atoms with E-state index in [2.05, 4.69) is 21.4 Å². The maximum absolute atomic E-state index is 11.0. The lowest BCUT2D eigenvalue weighted by Gasteiger charge is -2.07. The van der Waals surface area contributed by atoms with Gasteiger partial charge in [-0.1, -0.05) is 35.6 Å². The SMILES string of the molecule is O=c1[nH]c(CNc2nccc3ccccc23)cs1. The summed E-state index contributed by atoms with van der Waals surface area (Å²) in [6.07, 6.45) is 1.78. The minimum atomic E-state index is -0.0299. The molecule has 0 bridgehead atoms. The summed E-state index contributed by atoms with van der Waals surface area (Å²) in [6.45, 7) is 0.569. The number of nitrogens with zero attached hydrogens (tertiary/aromatic N) is 1. The minimum Gasteiger partial charge on any atom is -0.364 e. The fraction of sp³-hybridized carbons (Fsp3) is 0.0769. The van der Waals surface area contributed by atoms with Crippen molar-refractivity contribution in [3.05, 3.63) is 57.3 Å². The van der Waals surface area contributed by atoms with Crippen LogP contribution in [0, 0.1) is 0 Å². The zero-order chi connectivity index (χ0) is 12.4. The summed E-state index contributed by atoms with van der Waals surface area (Å²) in [6, 6.07) is 10.0. The van der Waals surface area contributed by atoms with Gasteiger partial charge in [0.15, 0.2) is 0 Å². The molecule has 0 saturated carbocycles. The first-order valence-corrected chi connectivity index (χ1v) is 6.45. The fourth-order valence-electron chi connectivity index (χ4n) is 1.84. The lowest BCUT2D eigenvalue weighted by molar-refractivity contribution is 1.05. The van der Waals surface area contributed by atoms with Crippen LogP contribution in [0.3, 0.4) is 0 Å². The molecule has 90 valence electrons. The van der Waals surface area contributed by atoms with E-state index in [9.17, 15) is 4.79 Å². The number of aromatic amines is 1. The fourth-order valence-corrected chi connectivity index (χ4v) is 2.42. The quantitative estimate of drug-likeness (QED) is 0.758. The molecule has 0 spiro atoms. The largest absolute Gasteiger partial charge is 0.364 e. The normalized spacial score (nSPS) is 10.7. The van der Waals surface area contributed by atoms with Crippen molar-refractivity contribution in [2.45, 2.75) is 6.54 Å². The minimum absolute atomic E-state index is 0.0299. The van der Waals surface area contributed by atoms with Crippen molar-refractivity contribution < 1.29 is 0 Å². The van der Waals surface area contributed by atoms with E-state index in [1.54, 1.807) is 6.20 Å². The van der Waals surface area contributed by atoms with E-state index >= 15 is 0 Å². The Kier molecular flexibility index (Phi) is 2.82. The Balaban J connectivity index is 1.88. The molecule has 2 N–H and O–H groups in total. The first-order chi connectivity index (χ1) is 8.83. The third kappa shape index (κ3) is 2.12. The second kappa shape index (κ2) is 4.62. The van der Waals surface area contributed by atoms with E-state index in [0.717, 1.165) is 22.3 Å². The second-order valence-electron chi connectivity index (χ2n) is 3.91. The lowest BCUT2D eigenvalue weighted by atomic mass is 10.1. The van der Waals surface area contributed by atoms with Gasteiger partial charge in [0.1, 0.15) is 5.82 Å². The van der Waals surface area contributed by atoms with Crippen LogP contribution >= 0.6 is 11.3 Å². The average molecular weight is 257 g/mol. The number of benzene rings is 1. The summed E-state index contributed by atoms with van der Waals surface area (Å²) < 4.78 is 0. The molecule has 0 amide bonds. The number of pyridine rings is 1. The monoisotopic (exact) mass is 257 g/mol. The van der Waals surface area contributed by atoms with Crippen LogP contribution in [0.4, 0.5) is 5.82 Å². The number of hydrogen-bond acceptors (Lipinski definition) is 4. The van der Waals surface area contributed by atoms with E-state index < -0.39 is 0 Å². The summed E-state index contributed by atoms with van der Waals surface area (Å²) in [7, 11) is 0. The van der Waals surface area contributed by atoms with Crippen molar-refractivity contribution in [3.8, 4) is 0 Å². The first kappa shape index (κ1) is 11.0. The lowest BCUT2D eigenvalue weighted by Crippen LogP contribution is -2.04.